The van der Waals surface area contributed by atoms with Crippen LogP contribution in [0, 0.1) is 0 Å². The molecule has 0 aromatic heterocycles. The van der Waals surface area contributed by atoms with Gasteiger partial charge in [0.25, 0.3) is 0 Å². The third-order valence-corrected chi connectivity index (χ3v) is 7.08. The predicted octanol–water partition coefficient (Wildman–Crippen LogP) is 4.69. The van der Waals surface area contributed by atoms with E-state index in [1.165, 1.54) is 69.3 Å². The van der Waals surface area contributed by atoms with Crippen molar-refractivity contribution in [3.63, 3.8) is 0 Å². The fourth-order valence-corrected chi connectivity index (χ4v) is 5.98. The van der Waals surface area contributed by atoms with Gasteiger partial charge in [0.1, 0.15) is 0 Å². The molecule has 82 valence electrons. The lowest BCUT2D eigenvalue weighted by atomic mass is 10.0. The van der Waals surface area contributed by atoms with Gasteiger partial charge in [-0.3, -0.25) is 0 Å². The highest BCUT2D eigenvalue weighted by Crippen LogP contribution is 2.51. The fourth-order valence-electron chi connectivity index (χ4n) is 2.58. The maximum atomic E-state index is 2.27. The molecule has 0 nitrogen and oxygen atoms in total. The lowest BCUT2D eigenvalue weighted by molar-refractivity contribution is 0.497. The molecule has 0 unspecified atom stereocenters. The van der Waals surface area contributed by atoms with Crippen molar-refractivity contribution in [2.24, 2.45) is 0 Å². The molecule has 2 fully saturated rings. The van der Waals surface area contributed by atoms with Crippen LogP contribution in [0.3, 0.4) is 0 Å². The van der Waals surface area contributed by atoms with Gasteiger partial charge in [-0.2, -0.15) is 0 Å². The molecule has 1 saturated heterocycles. The quantitative estimate of drug-likeness (QED) is 0.592. The zero-order valence-corrected chi connectivity index (χ0v) is 10.7. The molecular formula is C12H22S2. The van der Waals surface area contributed by atoms with E-state index in [1.54, 1.807) is 0 Å². The average molecular weight is 230 g/mol. The van der Waals surface area contributed by atoms with Crippen molar-refractivity contribution >= 4 is 23.5 Å². The molecule has 0 radical (unpaired) electrons. The van der Waals surface area contributed by atoms with E-state index in [0.29, 0.717) is 4.08 Å². The molecule has 1 aliphatic carbocycles. The van der Waals surface area contributed by atoms with E-state index in [4.69, 9.17) is 0 Å². The molecule has 2 aliphatic rings. The zero-order chi connectivity index (χ0) is 9.69. The highest BCUT2D eigenvalue weighted by atomic mass is 32.2. The molecule has 0 amide bonds. The van der Waals surface area contributed by atoms with Crippen LogP contribution >= 0.6 is 23.5 Å². The minimum Gasteiger partial charge on any atom is -0.143 e. The molecule has 0 bridgehead atoms. The Morgan fingerprint density at radius 2 is 1.00 bits per heavy atom. The average Bonchev–Trinajstić information content (AvgIpc) is 2.66. The van der Waals surface area contributed by atoms with Crippen LogP contribution in [0.25, 0.3) is 0 Å². The second-order valence-electron chi connectivity index (χ2n) is 4.58. The van der Waals surface area contributed by atoms with Crippen LogP contribution in [0.2, 0.25) is 0 Å². The second kappa shape index (κ2) is 5.69. The molecule has 14 heavy (non-hydrogen) atoms. The molecular weight excluding hydrogens is 208 g/mol. The first-order valence-corrected chi connectivity index (χ1v) is 8.16. The largest absolute Gasteiger partial charge is 0.143 e. The summed E-state index contributed by atoms with van der Waals surface area (Å²) in [5, 5.41) is 0. The van der Waals surface area contributed by atoms with Crippen LogP contribution in [0.1, 0.15) is 57.8 Å². The Bertz CT molecular complexity index is 150. The maximum absolute atomic E-state index is 2.27. The van der Waals surface area contributed by atoms with E-state index < -0.39 is 0 Å². The highest BCUT2D eigenvalue weighted by molar-refractivity contribution is 8.21. The zero-order valence-electron chi connectivity index (χ0n) is 9.09. The molecule has 1 spiro atoms. The van der Waals surface area contributed by atoms with Crippen molar-refractivity contribution in [1.29, 1.82) is 0 Å². The van der Waals surface area contributed by atoms with Crippen LogP contribution in [-0.2, 0) is 0 Å². The van der Waals surface area contributed by atoms with Gasteiger partial charge in [0.2, 0.25) is 0 Å². The Morgan fingerprint density at radius 1 is 0.571 bits per heavy atom. The molecule has 1 aliphatic heterocycles. The molecule has 0 aromatic carbocycles. The summed E-state index contributed by atoms with van der Waals surface area (Å²) in [4.78, 5) is 0. The monoisotopic (exact) mass is 230 g/mol. The Morgan fingerprint density at radius 3 is 1.50 bits per heavy atom. The molecule has 2 heteroatoms. The first-order valence-electron chi connectivity index (χ1n) is 6.19. The van der Waals surface area contributed by atoms with E-state index in [2.05, 4.69) is 23.5 Å². The first kappa shape index (κ1) is 11.2. The Balaban J connectivity index is 1.86. The van der Waals surface area contributed by atoms with Gasteiger partial charge in [0, 0.05) is 11.5 Å². The van der Waals surface area contributed by atoms with Gasteiger partial charge in [-0.15, -0.1) is 23.5 Å². The molecule has 0 atom stereocenters. The van der Waals surface area contributed by atoms with Gasteiger partial charge in [-0.25, -0.2) is 0 Å². The van der Waals surface area contributed by atoms with E-state index in [-0.39, 0.29) is 0 Å². The Hall–Kier alpha value is 0.700. The lowest BCUT2D eigenvalue weighted by Crippen LogP contribution is -2.17. The Labute approximate surface area is 97.0 Å². The van der Waals surface area contributed by atoms with Crippen molar-refractivity contribution in [2.45, 2.75) is 61.9 Å². The molecule has 0 N–H and O–H groups in total. The van der Waals surface area contributed by atoms with Crippen LogP contribution in [0.5, 0.6) is 0 Å². The maximum Gasteiger partial charge on any atom is 0.0611 e. The van der Waals surface area contributed by atoms with Crippen molar-refractivity contribution in [3.05, 3.63) is 0 Å². The second-order valence-corrected chi connectivity index (χ2v) is 7.80. The summed E-state index contributed by atoms with van der Waals surface area (Å²) in [6.07, 6.45) is 13.4. The van der Waals surface area contributed by atoms with Crippen molar-refractivity contribution in [2.75, 3.05) is 11.5 Å². The summed E-state index contributed by atoms with van der Waals surface area (Å²) in [5.74, 6) is 2.81. The smallest absolute Gasteiger partial charge is 0.0611 e. The van der Waals surface area contributed by atoms with Crippen LogP contribution in [-0.4, -0.2) is 15.6 Å². The summed E-state index contributed by atoms with van der Waals surface area (Å²) in [7, 11) is 0. The van der Waals surface area contributed by atoms with Crippen molar-refractivity contribution < 1.29 is 0 Å². The third-order valence-electron chi connectivity index (χ3n) is 3.43. The van der Waals surface area contributed by atoms with Crippen molar-refractivity contribution in [3.8, 4) is 0 Å². The number of hydrogen-bond donors (Lipinski definition) is 0. The lowest BCUT2D eigenvalue weighted by Gasteiger charge is -2.28. The standard InChI is InChI=1S/C12H22S2/c1-2-4-6-8-12(9-7-5-3-1)13-10-11-14-12/h1-11H2. The van der Waals surface area contributed by atoms with E-state index in [0.717, 1.165) is 0 Å². The Kier molecular flexibility index (Phi) is 4.55. The summed E-state index contributed by atoms with van der Waals surface area (Å²) in [5.41, 5.74) is 0. The topological polar surface area (TPSA) is 0 Å². The van der Waals surface area contributed by atoms with Gasteiger partial charge in [0.05, 0.1) is 4.08 Å². The molecule has 1 heterocycles. The number of rotatable bonds is 0. The minimum absolute atomic E-state index is 0.664. The number of thioether (sulfide) groups is 2. The normalized spacial score (nSPS) is 29.1. The van der Waals surface area contributed by atoms with E-state index >= 15 is 0 Å². The fraction of sp³-hybridized carbons (Fsp3) is 1.00. The summed E-state index contributed by atoms with van der Waals surface area (Å²) in [6.45, 7) is 0. The van der Waals surface area contributed by atoms with Gasteiger partial charge in [-0.1, -0.05) is 44.9 Å². The predicted molar refractivity (Wildman–Crippen MR) is 69.2 cm³/mol. The molecule has 2 rings (SSSR count). The van der Waals surface area contributed by atoms with Gasteiger partial charge < -0.3 is 0 Å². The SMILES string of the molecule is C1CCCCC2(CCCC1)SCCS2. The van der Waals surface area contributed by atoms with Crippen LogP contribution < -0.4 is 0 Å². The van der Waals surface area contributed by atoms with Gasteiger partial charge in [-0.05, 0) is 12.8 Å². The third kappa shape index (κ3) is 3.10. The summed E-state index contributed by atoms with van der Waals surface area (Å²) >= 11 is 4.53. The molecule has 0 aromatic rings. The van der Waals surface area contributed by atoms with E-state index in [9.17, 15) is 0 Å². The number of hydrogen-bond acceptors (Lipinski definition) is 2. The van der Waals surface area contributed by atoms with Crippen LogP contribution in [0.15, 0.2) is 0 Å². The van der Waals surface area contributed by atoms with Gasteiger partial charge >= 0.3 is 0 Å². The van der Waals surface area contributed by atoms with Crippen molar-refractivity contribution in [1.82, 2.24) is 0 Å². The van der Waals surface area contributed by atoms with Crippen LogP contribution in [0.4, 0.5) is 0 Å². The highest BCUT2D eigenvalue weighted by Gasteiger charge is 2.34. The summed E-state index contributed by atoms with van der Waals surface area (Å²) < 4.78 is 0.664. The molecule has 1 saturated carbocycles. The van der Waals surface area contributed by atoms with Gasteiger partial charge in [0.15, 0.2) is 0 Å². The summed E-state index contributed by atoms with van der Waals surface area (Å²) in [6, 6.07) is 0. The van der Waals surface area contributed by atoms with E-state index in [1.807, 2.05) is 0 Å². The minimum atomic E-state index is 0.664. The first-order chi connectivity index (χ1) is 6.91.